The third kappa shape index (κ3) is 3.51. The summed E-state index contributed by atoms with van der Waals surface area (Å²) in [7, 11) is 1.92. The first-order valence-corrected chi connectivity index (χ1v) is 4.90. The molecule has 0 unspecified atom stereocenters. The fourth-order valence-corrected chi connectivity index (χ4v) is 1.21. The van der Waals surface area contributed by atoms with E-state index in [1.165, 1.54) is 5.56 Å². The Labute approximate surface area is 84.4 Å². The van der Waals surface area contributed by atoms with E-state index < -0.39 is 0 Å². The van der Waals surface area contributed by atoms with Gasteiger partial charge < -0.3 is 5.32 Å². The van der Waals surface area contributed by atoms with Crippen molar-refractivity contribution in [2.75, 3.05) is 18.2 Å². The molecule has 1 aromatic rings. The Morgan fingerprint density at radius 1 is 1.46 bits per heavy atom. The normalized spacial score (nSPS) is 10.6. The summed E-state index contributed by atoms with van der Waals surface area (Å²) in [6.45, 7) is 0. The summed E-state index contributed by atoms with van der Waals surface area (Å²) in [4.78, 5) is 0. The summed E-state index contributed by atoms with van der Waals surface area (Å²) in [5.41, 5.74) is 2.34. The smallest absolute Gasteiger partial charge is 0.0343 e. The molecule has 0 aromatic heterocycles. The van der Waals surface area contributed by atoms with Gasteiger partial charge in [0.1, 0.15) is 0 Å². The number of halogens is 1. The Bertz CT molecular complexity index is 281. The lowest BCUT2D eigenvalue weighted by Crippen LogP contribution is -1.86. The second-order valence-corrected chi connectivity index (χ2v) is 3.13. The minimum absolute atomic E-state index is 0.683. The van der Waals surface area contributed by atoms with Crippen molar-refractivity contribution < 1.29 is 0 Å². The van der Waals surface area contributed by atoms with Crippen LogP contribution >= 0.6 is 11.6 Å². The van der Waals surface area contributed by atoms with E-state index in [-0.39, 0.29) is 0 Å². The second-order valence-electron chi connectivity index (χ2n) is 2.76. The Morgan fingerprint density at radius 2 is 2.31 bits per heavy atom. The largest absolute Gasteiger partial charge is 0.388 e. The van der Waals surface area contributed by atoms with Gasteiger partial charge in [-0.25, -0.2) is 0 Å². The van der Waals surface area contributed by atoms with Crippen molar-refractivity contribution in [1.82, 2.24) is 0 Å². The zero-order valence-electron chi connectivity index (χ0n) is 7.76. The molecular formula is C11H14ClN. The number of hydrogen-bond acceptors (Lipinski definition) is 1. The Kier molecular flexibility index (Phi) is 4.41. The summed E-state index contributed by atoms with van der Waals surface area (Å²) in [6.07, 6.45) is 5.09. The van der Waals surface area contributed by atoms with Crippen LogP contribution in [0.5, 0.6) is 0 Å². The van der Waals surface area contributed by atoms with Gasteiger partial charge in [-0.3, -0.25) is 0 Å². The van der Waals surface area contributed by atoms with E-state index in [0.29, 0.717) is 5.88 Å². The molecular weight excluding hydrogens is 182 g/mol. The van der Waals surface area contributed by atoms with Crippen molar-refractivity contribution in [2.45, 2.75) is 6.42 Å². The van der Waals surface area contributed by atoms with Gasteiger partial charge in [0, 0.05) is 18.6 Å². The number of allylic oxidation sites excluding steroid dienone is 1. The van der Waals surface area contributed by atoms with Crippen molar-refractivity contribution >= 4 is 23.4 Å². The number of alkyl halides is 1. The van der Waals surface area contributed by atoms with Gasteiger partial charge in [-0.2, -0.15) is 0 Å². The van der Waals surface area contributed by atoms with Gasteiger partial charge in [0.05, 0.1) is 0 Å². The number of nitrogens with one attached hydrogen (secondary N) is 1. The lowest BCUT2D eigenvalue weighted by molar-refractivity contribution is 1.24. The van der Waals surface area contributed by atoms with E-state index in [1.54, 1.807) is 0 Å². The Balaban J connectivity index is 2.66. The standard InChI is InChI=1S/C11H14ClN/c1-13-11-7-4-6-10(9-11)5-2-3-8-12/h2,4-7,9,13H,3,8H2,1H3. The van der Waals surface area contributed by atoms with Gasteiger partial charge in [-0.1, -0.05) is 24.3 Å². The molecule has 0 fully saturated rings. The van der Waals surface area contributed by atoms with Crippen molar-refractivity contribution in [2.24, 2.45) is 0 Å². The van der Waals surface area contributed by atoms with E-state index in [9.17, 15) is 0 Å². The van der Waals surface area contributed by atoms with E-state index in [4.69, 9.17) is 11.6 Å². The van der Waals surface area contributed by atoms with Crippen LogP contribution < -0.4 is 5.32 Å². The zero-order valence-corrected chi connectivity index (χ0v) is 8.51. The highest BCUT2D eigenvalue weighted by molar-refractivity contribution is 6.17. The molecule has 0 amide bonds. The number of hydrogen-bond donors (Lipinski definition) is 1. The quantitative estimate of drug-likeness (QED) is 0.727. The predicted octanol–water partition coefficient (Wildman–Crippen LogP) is 3.37. The zero-order chi connectivity index (χ0) is 9.52. The SMILES string of the molecule is CNc1cccc(C=CCCCl)c1. The average molecular weight is 196 g/mol. The second kappa shape index (κ2) is 5.65. The molecule has 13 heavy (non-hydrogen) atoms. The Hall–Kier alpha value is -0.950. The van der Waals surface area contributed by atoms with Crippen molar-refractivity contribution in [1.29, 1.82) is 0 Å². The van der Waals surface area contributed by atoms with Crippen LogP contribution in [0.15, 0.2) is 30.3 Å². The van der Waals surface area contributed by atoms with Crippen molar-refractivity contribution in [3.63, 3.8) is 0 Å². The highest BCUT2D eigenvalue weighted by atomic mass is 35.5. The highest BCUT2D eigenvalue weighted by Gasteiger charge is 1.88. The molecule has 1 nitrogen and oxygen atoms in total. The molecule has 0 saturated carbocycles. The summed E-state index contributed by atoms with van der Waals surface area (Å²) in [5, 5.41) is 3.10. The van der Waals surface area contributed by atoms with Gasteiger partial charge in [-0.05, 0) is 24.1 Å². The van der Waals surface area contributed by atoms with Crippen LogP contribution in [-0.4, -0.2) is 12.9 Å². The highest BCUT2D eigenvalue weighted by Crippen LogP contribution is 2.11. The fourth-order valence-electron chi connectivity index (χ4n) is 1.08. The first-order chi connectivity index (χ1) is 6.36. The minimum atomic E-state index is 0.683. The molecule has 0 aliphatic heterocycles. The molecule has 0 spiro atoms. The molecule has 2 heteroatoms. The van der Waals surface area contributed by atoms with E-state index in [0.717, 1.165) is 12.1 Å². The summed E-state index contributed by atoms with van der Waals surface area (Å²) in [5.74, 6) is 0.683. The number of anilines is 1. The van der Waals surface area contributed by atoms with Gasteiger partial charge in [-0.15, -0.1) is 11.6 Å². The number of benzene rings is 1. The van der Waals surface area contributed by atoms with Gasteiger partial charge in [0.15, 0.2) is 0 Å². The molecule has 0 saturated heterocycles. The molecule has 0 radical (unpaired) electrons. The van der Waals surface area contributed by atoms with Gasteiger partial charge in [0.25, 0.3) is 0 Å². The van der Waals surface area contributed by atoms with Gasteiger partial charge in [0.2, 0.25) is 0 Å². The number of rotatable bonds is 4. The third-order valence-corrected chi connectivity index (χ3v) is 1.98. The van der Waals surface area contributed by atoms with Crippen LogP contribution in [0.2, 0.25) is 0 Å². The monoisotopic (exact) mass is 195 g/mol. The fraction of sp³-hybridized carbons (Fsp3) is 0.273. The summed E-state index contributed by atoms with van der Waals surface area (Å²) >= 11 is 5.56. The van der Waals surface area contributed by atoms with Crippen LogP contribution in [-0.2, 0) is 0 Å². The molecule has 1 aromatic carbocycles. The first-order valence-electron chi connectivity index (χ1n) is 4.37. The Morgan fingerprint density at radius 3 is 3.00 bits per heavy atom. The summed E-state index contributed by atoms with van der Waals surface area (Å²) < 4.78 is 0. The van der Waals surface area contributed by atoms with Crippen LogP contribution in [0.3, 0.4) is 0 Å². The lowest BCUT2D eigenvalue weighted by atomic mass is 10.2. The first kappa shape index (κ1) is 10.1. The van der Waals surface area contributed by atoms with Crippen molar-refractivity contribution in [3.05, 3.63) is 35.9 Å². The molecule has 1 rings (SSSR count). The summed E-state index contributed by atoms with van der Waals surface area (Å²) in [6, 6.07) is 8.25. The van der Waals surface area contributed by atoms with Crippen LogP contribution in [0.4, 0.5) is 5.69 Å². The third-order valence-electron chi connectivity index (χ3n) is 1.76. The molecule has 0 aliphatic rings. The van der Waals surface area contributed by atoms with Crippen LogP contribution in [0.1, 0.15) is 12.0 Å². The average Bonchev–Trinajstić information content (AvgIpc) is 2.19. The molecule has 0 atom stereocenters. The molecule has 0 heterocycles. The molecule has 1 N–H and O–H groups in total. The van der Waals surface area contributed by atoms with E-state index in [2.05, 4.69) is 29.6 Å². The maximum Gasteiger partial charge on any atom is 0.0343 e. The molecule has 0 aliphatic carbocycles. The predicted molar refractivity (Wildman–Crippen MR) is 60.4 cm³/mol. The van der Waals surface area contributed by atoms with Crippen LogP contribution in [0.25, 0.3) is 6.08 Å². The maximum absolute atomic E-state index is 5.56. The van der Waals surface area contributed by atoms with E-state index >= 15 is 0 Å². The molecule has 70 valence electrons. The van der Waals surface area contributed by atoms with Crippen LogP contribution in [0, 0.1) is 0 Å². The molecule has 0 bridgehead atoms. The topological polar surface area (TPSA) is 12.0 Å². The maximum atomic E-state index is 5.56. The van der Waals surface area contributed by atoms with E-state index in [1.807, 2.05) is 19.2 Å². The van der Waals surface area contributed by atoms with Crippen molar-refractivity contribution in [3.8, 4) is 0 Å². The minimum Gasteiger partial charge on any atom is -0.388 e. The lowest BCUT2D eigenvalue weighted by Gasteiger charge is -1.99. The van der Waals surface area contributed by atoms with Gasteiger partial charge >= 0.3 is 0 Å².